The summed E-state index contributed by atoms with van der Waals surface area (Å²) in [6.45, 7) is 6.00. The number of nitrogens with zero attached hydrogens (tertiary/aromatic N) is 2. The number of ether oxygens (including phenoxy) is 1. The van der Waals surface area contributed by atoms with Crippen LogP contribution in [0.2, 0.25) is 5.02 Å². The second-order valence-electron chi connectivity index (χ2n) is 11.5. The molecule has 0 bridgehead atoms. The lowest BCUT2D eigenvalue weighted by Gasteiger charge is -2.22. The molecule has 3 aromatic rings. The third-order valence-electron chi connectivity index (χ3n) is 7.87. The highest BCUT2D eigenvalue weighted by Crippen LogP contribution is 2.27. The molecule has 0 aliphatic carbocycles. The van der Waals surface area contributed by atoms with Crippen LogP contribution in [0, 0.1) is 0 Å². The van der Waals surface area contributed by atoms with Crippen molar-refractivity contribution in [2.45, 2.75) is 117 Å². The van der Waals surface area contributed by atoms with Crippen LogP contribution in [0.1, 0.15) is 115 Å². The van der Waals surface area contributed by atoms with E-state index < -0.39 is 0 Å². The van der Waals surface area contributed by atoms with Crippen LogP contribution in [0.3, 0.4) is 0 Å². The fraction of sp³-hybridized carbons (Fsp3) is 0.556. The first kappa shape index (κ1) is 37.3. The van der Waals surface area contributed by atoms with Gasteiger partial charge in [-0.3, -0.25) is 4.79 Å². The highest BCUT2D eigenvalue weighted by atomic mass is 79.9. The van der Waals surface area contributed by atoms with Crippen molar-refractivity contribution in [2.75, 3.05) is 18.1 Å². The molecule has 1 aromatic heterocycles. The number of hydrogen-bond donors (Lipinski definition) is 0. The van der Waals surface area contributed by atoms with Gasteiger partial charge in [0.05, 0.1) is 17.0 Å². The lowest BCUT2D eigenvalue weighted by Crippen LogP contribution is -3.00. The second kappa shape index (κ2) is 22.6. The zero-order chi connectivity index (χ0) is 29.8. The van der Waals surface area contributed by atoms with Crippen molar-refractivity contribution in [1.82, 2.24) is 0 Å². The number of rotatable bonds is 22. The van der Waals surface area contributed by atoms with Crippen molar-refractivity contribution in [3.05, 3.63) is 75.7 Å². The summed E-state index contributed by atoms with van der Waals surface area (Å²) in [6.07, 6.45) is 21.7. The van der Waals surface area contributed by atoms with Gasteiger partial charge in [0.15, 0.2) is 12.7 Å². The molecule has 2 aromatic carbocycles. The van der Waals surface area contributed by atoms with Gasteiger partial charge >= 0.3 is 0 Å². The van der Waals surface area contributed by atoms with E-state index in [9.17, 15) is 4.79 Å². The minimum atomic E-state index is 0. The minimum Gasteiger partial charge on any atom is -1.00 e. The predicted molar refractivity (Wildman–Crippen MR) is 179 cm³/mol. The molecule has 1 amide bonds. The Kier molecular flexibility index (Phi) is 19.6. The Morgan fingerprint density at radius 1 is 0.860 bits per heavy atom. The molecule has 0 aliphatic heterocycles. The zero-order valence-corrected chi connectivity index (χ0v) is 29.5. The van der Waals surface area contributed by atoms with Gasteiger partial charge < -0.3 is 26.6 Å². The summed E-state index contributed by atoms with van der Waals surface area (Å²) in [4.78, 5) is 14.4. The molecular weight excluding hydrogens is 640 g/mol. The lowest BCUT2D eigenvalue weighted by molar-refractivity contribution is -0.683. The van der Waals surface area contributed by atoms with E-state index in [1.807, 2.05) is 29.2 Å². The number of aromatic nitrogens is 1. The number of thiazole rings is 1. The van der Waals surface area contributed by atoms with Gasteiger partial charge in [-0.25, -0.2) is 0 Å². The molecule has 0 atom stereocenters. The van der Waals surface area contributed by atoms with Crippen LogP contribution < -0.4 is 31.2 Å². The molecule has 4 nitrogen and oxygen atoms in total. The highest BCUT2D eigenvalue weighted by Gasteiger charge is 2.14. The monoisotopic (exact) mass is 690 g/mol. The number of carbonyl (C=O) groups is 1. The molecule has 3 rings (SSSR count). The van der Waals surface area contributed by atoms with Crippen molar-refractivity contribution in [1.29, 1.82) is 0 Å². The lowest BCUT2D eigenvalue weighted by atomic mass is 10.0. The average molecular weight is 692 g/mol. The molecule has 0 N–H and O–H groups in total. The van der Waals surface area contributed by atoms with Crippen molar-refractivity contribution in [3.8, 4) is 5.75 Å². The first-order valence-electron chi connectivity index (χ1n) is 16.3. The summed E-state index contributed by atoms with van der Waals surface area (Å²) in [5.74, 6) is 0.784. The molecule has 0 aliphatic rings. The average Bonchev–Trinajstić information content (AvgIpc) is 3.49. The van der Waals surface area contributed by atoms with Crippen molar-refractivity contribution >= 4 is 34.5 Å². The molecule has 0 unspecified atom stereocenters. The summed E-state index contributed by atoms with van der Waals surface area (Å²) in [6, 6.07) is 14.2. The van der Waals surface area contributed by atoms with Crippen LogP contribution in [0.15, 0.2) is 59.6 Å². The number of anilines is 1. The molecule has 0 spiro atoms. The van der Waals surface area contributed by atoms with Gasteiger partial charge in [0, 0.05) is 24.7 Å². The first-order valence-corrected chi connectivity index (χ1v) is 17.6. The Bertz CT molecular complexity index is 1160. The van der Waals surface area contributed by atoms with E-state index in [2.05, 4.69) is 46.8 Å². The van der Waals surface area contributed by atoms with Crippen LogP contribution in [0.5, 0.6) is 5.75 Å². The molecular formula is C36H52BrClN2O2S. The van der Waals surface area contributed by atoms with Gasteiger partial charge in [0.1, 0.15) is 5.75 Å². The Hall–Kier alpha value is -1.89. The molecule has 7 heteroatoms. The van der Waals surface area contributed by atoms with E-state index in [0.717, 1.165) is 36.4 Å². The molecule has 1 heterocycles. The van der Waals surface area contributed by atoms with Gasteiger partial charge in [0.25, 0.3) is 0 Å². The van der Waals surface area contributed by atoms with Crippen molar-refractivity contribution in [3.63, 3.8) is 0 Å². The van der Waals surface area contributed by atoms with E-state index in [0.29, 0.717) is 18.2 Å². The summed E-state index contributed by atoms with van der Waals surface area (Å²) in [7, 11) is 0. The normalized spacial score (nSPS) is 10.9. The third kappa shape index (κ3) is 15.1. The first-order chi connectivity index (χ1) is 20.6. The van der Waals surface area contributed by atoms with E-state index >= 15 is 0 Å². The number of benzene rings is 2. The fourth-order valence-electron chi connectivity index (χ4n) is 5.39. The predicted octanol–water partition coefficient (Wildman–Crippen LogP) is 7.20. The van der Waals surface area contributed by atoms with Gasteiger partial charge in [-0.2, -0.15) is 4.57 Å². The Balaban J connectivity index is 0.00000645. The largest absolute Gasteiger partial charge is 1.00 e. The highest BCUT2D eigenvalue weighted by molar-refractivity contribution is 7.07. The summed E-state index contributed by atoms with van der Waals surface area (Å²) in [5, 5.41) is 2.70. The number of unbranched alkanes of at least 4 members (excludes halogenated alkanes) is 13. The molecule has 0 radical (unpaired) electrons. The van der Waals surface area contributed by atoms with Crippen LogP contribution in [0.25, 0.3) is 0 Å². The number of halogens is 2. The van der Waals surface area contributed by atoms with Crippen LogP contribution >= 0.6 is 22.9 Å². The van der Waals surface area contributed by atoms with Crippen LogP contribution in [-0.4, -0.2) is 19.1 Å². The van der Waals surface area contributed by atoms with Crippen LogP contribution in [-0.2, 0) is 17.8 Å². The van der Waals surface area contributed by atoms with Gasteiger partial charge in [0.2, 0.25) is 11.4 Å². The van der Waals surface area contributed by atoms with E-state index in [1.165, 1.54) is 89.0 Å². The molecule has 0 fully saturated rings. The molecule has 43 heavy (non-hydrogen) atoms. The smallest absolute Gasteiger partial charge is 0.224 e. The minimum absolute atomic E-state index is 0. The number of carbonyl (C=O) groups excluding carboxylic acids is 1. The van der Waals surface area contributed by atoms with E-state index in [1.54, 1.807) is 18.3 Å². The summed E-state index contributed by atoms with van der Waals surface area (Å²) >= 11 is 8.24. The molecule has 0 saturated carbocycles. The zero-order valence-electron chi connectivity index (χ0n) is 26.4. The maximum Gasteiger partial charge on any atom is 0.224 e. The van der Waals surface area contributed by atoms with E-state index in [4.69, 9.17) is 16.3 Å². The second-order valence-corrected chi connectivity index (χ2v) is 12.7. The molecule has 238 valence electrons. The van der Waals surface area contributed by atoms with Gasteiger partial charge in [-0.15, -0.1) is 0 Å². The van der Waals surface area contributed by atoms with E-state index in [-0.39, 0.29) is 22.9 Å². The topological polar surface area (TPSA) is 33.4 Å². The van der Waals surface area contributed by atoms with Gasteiger partial charge in [-0.1, -0.05) is 132 Å². The maximum absolute atomic E-state index is 12.5. The SMILES string of the molecule is CCCCCCCCCCCCCCCCOc1ccc(CCN(C(C)=O)c2cccc(C[n+]3ccsc3)c2)cc1Cl.[Br-]. The third-order valence-corrected chi connectivity index (χ3v) is 8.84. The maximum atomic E-state index is 12.5. The quantitative estimate of drug-likeness (QED) is 0.0826. The fourth-order valence-corrected chi connectivity index (χ4v) is 6.25. The molecule has 0 saturated heterocycles. The Morgan fingerprint density at radius 2 is 1.51 bits per heavy atom. The van der Waals surface area contributed by atoms with Gasteiger partial charge in [-0.05, 0) is 42.7 Å². The van der Waals surface area contributed by atoms with Crippen molar-refractivity contribution < 1.29 is 31.1 Å². The summed E-state index contributed by atoms with van der Waals surface area (Å²) in [5.41, 5.74) is 5.28. The summed E-state index contributed by atoms with van der Waals surface area (Å²) < 4.78 is 8.14. The Labute approximate surface area is 280 Å². The van der Waals surface area contributed by atoms with Crippen molar-refractivity contribution in [2.24, 2.45) is 0 Å². The standard InChI is InChI=1S/C36H52ClN2O2S.BrH/c1-3-4-5-6-7-8-9-10-11-12-13-14-15-16-25-41-36-21-20-32(28-35(36)37)22-23-39(31(2)40)34-19-17-18-33(27-34)29-38-24-26-42-30-38;/h17-21,24,26-28,30H,3-16,22-23,25,29H2,1-2H3;1H/q+1;/p-1. The Morgan fingerprint density at radius 3 is 2.09 bits per heavy atom. The van der Waals surface area contributed by atoms with Crippen LogP contribution in [0.4, 0.5) is 5.69 Å². The number of hydrogen-bond acceptors (Lipinski definition) is 3. The number of amides is 1.